The minimum atomic E-state index is -4.53. The molecule has 8 heteroatoms. The van der Waals surface area contributed by atoms with Gasteiger partial charge in [0.2, 0.25) is 0 Å². The number of carbonyl (C=O) groups is 1. The van der Waals surface area contributed by atoms with Crippen LogP contribution in [0.15, 0.2) is 18.2 Å². The van der Waals surface area contributed by atoms with E-state index in [1.165, 1.54) is 13.2 Å². The van der Waals surface area contributed by atoms with E-state index in [9.17, 15) is 18.0 Å². The lowest BCUT2D eigenvalue weighted by Gasteiger charge is -2.31. The Bertz CT molecular complexity index is 585. The van der Waals surface area contributed by atoms with E-state index in [0.717, 1.165) is 44.6 Å². The maximum atomic E-state index is 12.9. The molecular formula is C17H24F3N3O2. The number of piperidine rings is 1. The smallest absolute Gasteiger partial charge is 0.416 e. The van der Waals surface area contributed by atoms with Gasteiger partial charge < -0.3 is 20.7 Å². The van der Waals surface area contributed by atoms with Crippen LogP contribution in [0.4, 0.5) is 13.2 Å². The molecule has 0 radical (unpaired) electrons. The van der Waals surface area contributed by atoms with Crippen molar-refractivity contribution in [1.82, 2.24) is 10.2 Å². The largest absolute Gasteiger partial charge is 0.497 e. The van der Waals surface area contributed by atoms with Gasteiger partial charge in [-0.25, -0.2) is 0 Å². The maximum absolute atomic E-state index is 12.9. The lowest BCUT2D eigenvalue weighted by Crippen LogP contribution is -2.40. The quantitative estimate of drug-likeness (QED) is 0.816. The fourth-order valence-corrected chi connectivity index (χ4v) is 2.95. The number of carbonyl (C=O) groups excluding carboxylic acids is 1. The highest BCUT2D eigenvalue weighted by Gasteiger charge is 2.32. The molecule has 0 bridgehead atoms. The summed E-state index contributed by atoms with van der Waals surface area (Å²) in [6, 6.07) is 3.04. The molecule has 0 aliphatic carbocycles. The summed E-state index contributed by atoms with van der Waals surface area (Å²) in [5.74, 6) is -0.186. The van der Waals surface area contributed by atoms with Crippen LogP contribution in [-0.2, 0) is 6.18 Å². The monoisotopic (exact) mass is 359 g/mol. The Hall–Kier alpha value is -1.80. The molecule has 1 aromatic carbocycles. The van der Waals surface area contributed by atoms with Crippen molar-refractivity contribution in [2.75, 3.05) is 39.8 Å². The fraction of sp³-hybridized carbons (Fsp3) is 0.588. The molecule has 5 nitrogen and oxygen atoms in total. The summed E-state index contributed by atoms with van der Waals surface area (Å²) < 4.78 is 43.6. The number of likely N-dealkylation sites (tertiary alicyclic amines) is 1. The summed E-state index contributed by atoms with van der Waals surface area (Å²) in [4.78, 5) is 14.5. The molecule has 0 atom stereocenters. The molecule has 3 N–H and O–H groups in total. The van der Waals surface area contributed by atoms with Crippen molar-refractivity contribution in [1.29, 1.82) is 0 Å². The van der Waals surface area contributed by atoms with Gasteiger partial charge in [-0.1, -0.05) is 0 Å². The zero-order chi connectivity index (χ0) is 18.4. The molecule has 0 unspecified atom stereocenters. The van der Waals surface area contributed by atoms with Crippen molar-refractivity contribution in [3.63, 3.8) is 0 Å². The van der Waals surface area contributed by atoms with Crippen LogP contribution in [0.5, 0.6) is 5.75 Å². The van der Waals surface area contributed by atoms with Crippen LogP contribution in [0.2, 0.25) is 0 Å². The Morgan fingerprint density at radius 1 is 1.32 bits per heavy atom. The first-order valence-corrected chi connectivity index (χ1v) is 8.30. The number of methoxy groups -OCH3 is 1. The van der Waals surface area contributed by atoms with Gasteiger partial charge in [0.05, 0.1) is 12.7 Å². The standard InChI is InChI=1S/C17H24F3N3O2/c1-25-15-9-13(8-14(10-15)17(18,19)20)16(24)22-11-12-2-5-23(6-3-12)7-4-21/h8-10,12H,2-7,11,21H2,1H3,(H,22,24). The molecule has 2 rings (SSSR count). The molecule has 1 aromatic rings. The molecule has 1 saturated heterocycles. The minimum absolute atomic E-state index is 0.00932. The summed E-state index contributed by atoms with van der Waals surface area (Å²) in [5, 5.41) is 2.74. The summed E-state index contributed by atoms with van der Waals surface area (Å²) in [5.41, 5.74) is 4.59. The predicted molar refractivity (Wildman–Crippen MR) is 88.5 cm³/mol. The van der Waals surface area contributed by atoms with E-state index in [0.29, 0.717) is 19.0 Å². The molecule has 0 aromatic heterocycles. The lowest BCUT2D eigenvalue weighted by atomic mass is 9.96. The third kappa shape index (κ3) is 5.61. The number of hydrogen-bond acceptors (Lipinski definition) is 4. The van der Waals surface area contributed by atoms with Gasteiger partial charge in [-0.15, -0.1) is 0 Å². The topological polar surface area (TPSA) is 67.6 Å². The van der Waals surface area contributed by atoms with E-state index < -0.39 is 17.6 Å². The van der Waals surface area contributed by atoms with Crippen molar-refractivity contribution in [3.05, 3.63) is 29.3 Å². The Labute approximate surface area is 145 Å². The Kier molecular flexibility index (Phi) is 6.66. The van der Waals surface area contributed by atoms with E-state index in [2.05, 4.69) is 10.2 Å². The van der Waals surface area contributed by atoms with E-state index >= 15 is 0 Å². The van der Waals surface area contributed by atoms with Gasteiger partial charge in [0.15, 0.2) is 0 Å². The molecule has 140 valence electrons. The Balaban J connectivity index is 1.95. The number of hydrogen-bond donors (Lipinski definition) is 2. The van der Waals surface area contributed by atoms with Crippen molar-refractivity contribution in [2.45, 2.75) is 19.0 Å². The number of halogens is 3. The van der Waals surface area contributed by atoms with Gasteiger partial charge in [-0.3, -0.25) is 4.79 Å². The van der Waals surface area contributed by atoms with Gasteiger partial charge >= 0.3 is 6.18 Å². The summed E-state index contributed by atoms with van der Waals surface area (Å²) in [7, 11) is 1.27. The highest BCUT2D eigenvalue weighted by molar-refractivity contribution is 5.94. The number of benzene rings is 1. The second-order valence-corrected chi connectivity index (χ2v) is 6.23. The van der Waals surface area contributed by atoms with Crippen molar-refractivity contribution in [2.24, 2.45) is 11.7 Å². The molecule has 0 spiro atoms. The number of nitrogens with zero attached hydrogens (tertiary/aromatic N) is 1. The Morgan fingerprint density at radius 2 is 2.00 bits per heavy atom. The second-order valence-electron chi connectivity index (χ2n) is 6.23. The number of rotatable bonds is 6. The summed E-state index contributed by atoms with van der Waals surface area (Å²) in [6.45, 7) is 3.79. The Morgan fingerprint density at radius 3 is 2.56 bits per heavy atom. The van der Waals surface area contributed by atoms with Crippen LogP contribution in [0.3, 0.4) is 0 Å². The van der Waals surface area contributed by atoms with Crippen molar-refractivity contribution < 1.29 is 22.7 Å². The van der Waals surface area contributed by atoms with E-state index in [4.69, 9.17) is 10.5 Å². The van der Waals surface area contributed by atoms with Gasteiger partial charge in [-0.05, 0) is 50.0 Å². The normalized spacial score (nSPS) is 16.7. The molecule has 1 aliphatic rings. The lowest BCUT2D eigenvalue weighted by molar-refractivity contribution is -0.137. The highest BCUT2D eigenvalue weighted by atomic mass is 19.4. The first-order valence-electron chi connectivity index (χ1n) is 8.30. The maximum Gasteiger partial charge on any atom is 0.416 e. The minimum Gasteiger partial charge on any atom is -0.497 e. The van der Waals surface area contributed by atoms with Gasteiger partial charge in [0.25, 0.3) is 5.91 Å². The highest BCUT2D eigenvalue weighted by Crippen LogP contribution is 2.32. The van der Waals surface area contributed by atoms with Gasteiger partial charge in [0, 0.05) is 25.2 Å². The first-order chi connectivity index (χ1) is 11.8. The van der Waals surface area contributed by atoms with Crippen LogP contribution >= 0.6 is 0 Å². The molecule has 1 fully saturated rings. The SMILES string of the molecule is COc1cc(C(=O)NCC2CCN(CCN)CC2)cc(C(F)(F)F)c1. The van der Waals surface area contributed by atoms with Gasteiger partial charge in [0.1, 0.15) is 5.75 Å². The first kappa shape index (κ1) is 19.5. The average molecular weight is 359 g/mol. The van der Waals surface area contributed by atoms with E-state index in [1.54, 1.807) is 0 Å². The third-order valence-corrected chi connectivity index (χ3v) is 4.44. The predicted octanol–water partition coefficient (Wildman–Crippen LogP) is 2.11. The average Bonchev–Trinajstić information content (AvgIpc) is 2.60. The molecule has 25 heavy (non-hydrogen) atoms. The molecule has 1 amide bonds. The second kappa shape index (κ2) is 8.53. The number of alkyl halides is 3. The number of nitrogens with one attached hydrogen (secondary N) is 1. The number of nitrogens with two attached hydrogens (primary N) is 1. The molecule has 1 heterocycles. The molecular weight excluding hydrogens is 335 g/mol. The third-order valence-electron chi connectivity index (χ3n) is 4.44. The number of ether oxygens (including phenoxy) is 1. The van der Waals surface area contributed by atoms with Gasteiger partial charge in [-0.2, -0.15) is 13.2 Å². The fourth-order valence-electron chi connectivity index (χ4n) is 2.95. The zero-order valence-electron chi connectivity index (χ0n) is 14.2. The molecule has 1 aliphatic heterocycles. The summed E-state index contributed by atoms with van der Waals surface area (Å²) in [6.07, 6.45) is -2.65. The van der Waals surface area contributed by atoms with Crippen LogP contribution < -0.4 is 15.8 Å². The van der Waals surface area contributed by atoms with Crippen LogP contribution in [0.25, 0.3) is 0 Å². The van der Waals surface area contributed by atoms with E-state index in [1.807, 2.05) is 0 Å². The van der Waals surface area contributed by atoms with Crippen LogP contribution in [-0.4, -0.2) is 50.6 Å². The van der Waals surface area contributed by atoms with E-state index in [-0.39, 0.29) is 11.3 Å². The summed E-state index contributed by atoms with van der Waals surface area (Å²) >= 11 is 0. The van der Waals surface area contributed by atoms with Crippen LogP contribution in [0, 0.1) is 5.92 Å². The molecule has 0 saturated carbocycles. The zero-order valence-corrected chi connectivity index (χ0v) is 14.2. The van der Waals surface area contributed by atoms with Crippen LogP contribution in [0.1, 0.15) is 28.8 Å². The van der Waals surface area contributed by atoms with Crippen molar-refractivity contribution >= 4 is 5.91 Å². The van der Waals surface area contributed by atoms with Crippen molar-refractivity contribution in [3.8, 4) is 5.75 Å². The number of amides is 1.